The molecule has 2 aliphatic heterocycles. The van der Waals surface area contributed by atoms with E-state index < -0.39 is 0 Å². The number of hydrogen-bond donors (Lipinski definition) is 1. The van der Waals surface area contributed by atoms with Crippen LogP contribution >= 0.6 is 0 Å². The predicted molar refractivity (Wildman–Crippen MR) is 87.8 cm³/mol. The molecule has 0 spiro atoms. The van der Waals surface area contributed by atoms with Crippen LogP contribution in [0.1, 0.15) is 35.0 Å². The van der Waals surface area contributed by atoms with Crippen molar-refractivity contribution in [1.29, 1.82) is 0 Å². The monoisotopic (exact) mass is 319 g/mol. The van der Waals surface area contributed by atoms with Crippen LogP contribution in [0.3, 0.4) is 0 Å². The lowest BCUT2D eigenvalue weighted by Gasteiger charge is -2.33. The number of pyridine rings is 1. The molecule has 3 rings (SSSR count). The Labute approximate surface area is 136 Å². The Balaban J connectivity index is 1.74. The molecule has 1 amide bonds. The maximum atomic E-state index is 12.6. The molecule has 0 aliphatic carbocycles. The van der Waals surface area contributed by atoms with Gasteiger partial charge < -0.3 is 14.6 Å². The van der Waals surface area contributed by atoms with E-state index in [1.807, 2.05) is 19.9 Å². The average molecular weight is 319 g/mol. The quantitative estimate of drug-likeness (QED) is 0.867. The van der Waals surface area contributed by atoms with Crippen molar-refractivity contribution in [2.45, 2.75) is 45.4 Å². The number of fused-ring (bicyclic) bond motifs is 1. The molecular weight excluding hydrogens is 294 g/mol. The fourth-order valence-corrected chi connectivity index (χ4v) is 3.66. The van der Waals surface area contributed by atoms with Crippen LogP contribution in [-0.4, -0.2) is 53.3 Å². The van der Waals surface area contributed by atoms with Crippen molar-refractivity contribution in [2.75, 3.05) is 19.7 Å². The van der Waals surface area contributed by atoms with Gasteiger partial charge in [0, 0.05) is 37.9 Å². The molecule has 1 aromatic heterocycles. The second-order valence-corrected chi connectivity index (χ2v) is 6.87. The zero-order chi connectivity index (χ0) is 16.7. The van der Waals surface area contributed by atoms with Gasteiger partial charge >= 0.3 is 0 Å². The normalized spacial score (nSPS) is 27.7. The maximum Gasteiger partial charge on any atom is 0.263 e. The summed E-state index contributed by atoms with van der Waals surface area (Å²) in [4.78, 5) is 27.4. The first kappa shape index (κ1) is 16.2. The number of morpholine rings is 1. The second kappa shape index (κ2) is 6.09. The van der Waals surface area contributed by atoms with Gasteiger partial charge in [-0.3, -0.25) is 14.5 Å². The molecule has 0 unspecified atom stereocenters. The molecule has 3 heterocycles. The van der Waals surface area contributed by atoms with Crippen molar-refractivity contribution in [2.24, 2.45) is 7.05 Å². The van der Waals surface area contributed by atoms with E-state index in [-0.39, 0.29) is 29.2 Å². The molecule has 1 aromatic rings. The van der Waals surface area contributed by atoms with Crippen LogP contribution in [0.25, 0.3) is 0 Å². The molecule has 6 nitrogen and oxygen atoms in total. The Morgan fingerprint density at radius 2 is 2.09 bits per heavy atom. The minimum absolute atomic E-state index is 0.0757. The van der Waals surface area contributed by atoms with Crippen molar-refractivity contribution < 1.29 is 9.53 Å². The van der Waals surface area contributed by atoms with Crippen molar-refractivity contribution in [3.63, 3.8) is 0 Å². The number of nitrogens with one attached hydrogen (secondary N) is 1. The van der Waals surface area contributed by atoms with Crippen molar-refractivity contribution in [3.8, 4) is 0 Å². The molecule has 3 atom stereocenters. The summed E-state index contributed by atoms with van der Waals surface area (Å²) in [7, 11) is 1.70. The zero-order valence-electron chi connectivity index (χ0n) is 14.3. The summed E-state index contributed by atoms with van der Waals surface area (Å²) in [5.74, 6) is -0.262. The Morgan fingerprint density at radius 1 is 1.35 bits per heavy atom. The third-order valence-electron chi connectivity index (χ3n) is 5.02. The molecule has 23 heavy (non-hydrogen) atoms. The van der Waals surface area contributed by atoms with Gasteiger partial charge in [-0.1, -0.05) is 0 Å². The third-order valence-corrected chi connectivity index (χ3v) is 5.02. The fourth-order valence-electron chi connectivity index (χ4n) is 3.66. The minimum Gasteiger partial charge on any atom is -0.376 e. The van der Waals surface area contributed by atoms with Gasteiger partial charge in [0.05, 0.1) is 12.7 Å². The average Bonchev–Trinajstić information content (AvgIpc) is 2.86. The highest BCUT2D eigenvalue weighted by Crippen LogP contribution is 2.23. The van der Waals surface area contributed by atoms with E-state index in [1.165, 1.54) is 4.57 Å². The highest BCUT2D eigenvalue weighted by atomic mass is 16.5. The molecule has 0 saturated carbocycles. The third kappa shape index (κ3) is 3.05. The van der Waals surface area contributed by atoms with E-state index in [9.17, 15) is 9.59 Å². The summed E-state index contributed by atoms with van der Waals surface area (Å²) in [5.41, 5.74) is 1.62. The number of carbonyl (C=O) groups excluding carboxylic acids is 1. The van der Waals surface area contributed by atoms with E-state index in [0.29, 0.717) is 6.04 Å². The lowest BCUT2D eigenvalue weighted by molar-refractivity contribution is -0.0390. The van der Waals surface area contributed by atoms with Gasteiger partial charge in [-0.05, 0) is 38.8 Å². The first-order valence-corrected chi connectivity index (χ1v) is 8.20. The number of rotatable bonds is 2. The maximum absolute atomic E-state index is 12.6. The molecule has 126 valence electrons. The van der Waals surface area contributed by atoms with Crippen LogP contribution in [0, 0.1) is 13.8 Å². The number of amides is 1. The summed E-state index contributed by atoms with van der Waals surface area (Å²) in [6.07, 6.45) is 1.12. The smallest absolute Gasteiger partial charge is 0.263 e. The van der Waals surface area contributed by atoms with Crippen LogP contribution < -0.4 is 10.9 Å². The first-order valence-electron chi connectivity index (χ1n) is 8.20. The van der Waals surface area contributed by atoms with Gasteiger partial charge in [0.1, 0.15) is 5.56 Å². The molecule has 0 radical (unpaired) electrons. The van der Waals surface area contributed by atoms with Crippen LogP contribution in [-0.2, 0) is 11.8 Å². The standard InChI is InChI=1S/C17H25N3O3/c1-10-5-11(2)19(4)17(22)15(10)16(21)18-13-6-14-9-23-12(3)7-20(14)8-13/h5,12-14H,6-9H2,1-4H3,(H,18,21)/t12-,13+,14+/m1/s1. The number of carbonyl (C=O) groups is 1. The lowest BCUT2D eigenvalue weighted by Crippen LogP contribution is -2.45. The highest BCUT2D eigenvalue weighted by molar-refractivity contribution is 5.95. The summed E-state index contributed by atoms with van der Waals surface area (Å²) in [6.45, 7) is 8.21. The summed E-state index contributed by atoms with van der Waals surface area (Å²) in [6, 6.07) is 2.33. The molecular formula is C17H25N3O3. The lowest BCUT2D eigenvalue weighted by atomic mass is 10.1. The van der Waals surface area contributed by atoms with Crippen LogP contribution in [0.15, 0.2) is 10.9 Å². The van der Waals surface area contributed by atoms with Gasteiger partial charge in [0.2, 0.25) is 0 Å². The van der Waals surface area contributed by atoms with Crippen LogP contribution in [0.4, 0.5) is 0 Å². The SMILES string of the molecule is Cc1cc(C)n(C)c(=O)c1C(=O)N[C@H]1C[C@H]2CO[C@H](C)CN2C1. The van der Waals surface area contributed by atoms with E-state index in [0.717, 1.165) is 37.4 Å². The van der Waals surface area contributed by atoms with Gasteiger partial charge in [-0.25, -0.2) is 0 Å². The predicted octanol–water partition coefficient (Wildman–Crippen LogP) is 0.594. The number of nitrogens with zero attached hydrogens (tertiary/aromatic N) is 2. The van der Waals surface area contributed by atoms with E-state index in [2.05, 4.69) is 17.1 Å². The van der Waals surface area contributed by atoms with Crippen molar-refractivity contribution in [1.82, 2.24) is 14.8 Å². The topological polar surface area (TPSA) is 63.6 Å². The van der Waals surface area contributed by atoms with E-state index >= 15 is 0 Å². The molecule has 2 saturated heterocycles. The molecule has 6 heteroatoms. The Morgan fingerprint density at radius 3 is 2.83 bits per heavy atom. The Hall–Kier alpha value is -1.66. The van der Waals surface area contributed by atoms with E-state index in [1.54, 1.807) is 7.05 Å². The van der Waals surface area contributed by atoms with E-state index in [4.69, 9.17) is 4.74 Å². The zero-order valence-corrected chi connectivity index (χ0v) is 14.3. The Bertz CT molecular complexity index is 682. The number of aryl methyl sites for hydroxylation is 2. The van der Waals surface area contributed by atoms with Crippen LogP contribution in [0.5, 0.6) is 0 Å². The molecule has 2 aliphatic rings. The summed E-state index contributed by atoms with van der Waals surface area (Å²) in [5, 5.41) is 3.05. The van der Waals surface area contributed by atoms with Crippen LogP contribution in [0.2, 0.25) is 0 Å². The molecule has 1 N–H and O–H groups in total. The number of ether oxygens (including phenoxy) is 1. The first-order chi connectivity index (χ1) is 10.9. The van der Waals surface area contributed by atoms with Gasteiger partial charge in [-0.15, -0.1) is 0 Å². The molecule has 0 aromatic carbocycles. The summed E-state index contributed by atoms with van der Waals surface area (Å²) >= 11 is 0. The second-order valence-electron chi connectivity index (χ2n) is 6.87. The van der Waals surface area contributed by atoms with Gasteiger partial charge in [-0.2, -0.15) is 0 Å². The Kier molecular flexibility index (Phi) is 4.29. The minimum atomic E-state index is -0.262. The highest BCUT2D eigenvalue weighted by Gasteiger charge is 2.37. The van der Waals surface area contributed by atoms with Gasteiger partial charge in [0.25, 0.3) is 11.5 Å². The largest absolute Gasteiger partial charge is 0.376 e. The van der Waals surface area contributed by atoms with Crippen molar-refractivity contribution in [3.05, 3.63) is 33.2 Å². The van der Waals surface area contributed by atoms with Gasteiger partial charge in [0.15, 0.2) is 0 Å². The number of hydrogen-bond acceptors (Lipinski definition) is 4. The molecule has 2 fully saturated rings. The summed E-state index contributed by atoms with van der Waals surface area (Å²) < 4.78 is 7.21. The van der Waals surface area contributed by atoms with Crippen molar-refractivity contribution >= 4 is 5.91 Å². The molecule has 0 bridgehead atoms. The number of aromatic nitrogens is 1. The fraction of sp³-hybridized carbons (Fsp3) is 0.647.